The van der Waals surface area contributed by atoms with Crippen LogP contribution in [0.25, 0.3) is 0 Å². The van der Waals surface area contributed by atoms with Crippen molar-refractivity contribution >= 4 is 43.7 Å². The van der Waals surface area contributed by atoms with Gasteiger partial charge in [0.15, 0.2) is 0 Å². The molecule has 120 valence electrons. The Labute approximate surface area is 151 Å². The van der Waals surface area contributed by atoms with Crippen LogP contribution in [0.3, 0.4) is 0 Å². The quantitative estimate of drug-likeness (QED) is 0.749. The van der Waals surface area contributed by atoms with E-state index in [4.69, 9.17) is 5.73 Å². The number of carbonyl (C=O) groups is 2. The number of rotatable bonds is 5. The molecule has 0 aliphatic heterocycles. The van der Waals surface area contributed by atoms with Gasteiger partial charge in [0.2, 0.25) is 5.91 Å². The van der Waals surface area contributed by atoms with Crippen LogP contribution in [0.4, 0.5) is 0 Å². The molecule has 23 heavy (non-hydrogen) atoms. The van der Waals surface area contributed by atoms with Crippen molar-refractivity contribution in [3.05, 3.63) is 68.1 Å². The first kappa shape index (κ1) is 17.7. The molecule has 0 aliphatic carbocycles. The first-order chi connectivity index (χ1) is 10.9. The molecule has 4 nitrogen and oxygen atoms in total. The molecule has 2 aromatic rings. The van der Waals surface area contributed by atoms with Gasteiger partial charge in [-0.15, -0.1) is 0 Å². The van der Waals surface area contributed by atoms with Gasteiger partial charge >= 0.3 is 0 Å². The number of carbonyl (C=O) groups excluding carboxylic acids is 2. The van der Waals surface area contributed by atoms with Crippen molar-refractivity contribution in [1.82, 2.24) is 5.32 Å². The van der Waals surface area contributed by atoms with E-state index in [9.17, 15) is 9.59 Å². The van der Waals surface area contributed by atoms with Gasteiger partial charge in [-0.3, -0.25) is 9.59 Å². The summed E-state index contributed by atoms with van der Waals surface area (Å²) in [6.07, 6.45) is 0.364. The molecule has 0 bridgehead atoms. The summed E-state index contributed by atoms with van der Waals surface area (Å²) in [4.78, 5) is 24.1. The number of primary amides is 1. The third-order valence-electron chi connectivity index (χ3n) is 3.46. The van der Waals surface area contributed by atoms with E-state index in [1.165, 1.54) is 0 Å². The van der Waals surface area contributed by atoms with E-state index in [0.29, 0.717) is 12.0 Å². The fourth-order valence-corrected chi connectivity index (χ4v) is 3.50. The molecular weight excluding hydrogens is 424 g/mol. The van der Waals surface area contributed by atoms with Gasteiger partial charge in [0, 0.05) is 20.9 Å². The normalized spacial score (nSPS) is 11.8. The van der Waals surface area contributed by atoms with Crippen molar-refractivity contribution in [1.29, 1.82) is 0 Å². The average molecular weight is 440 g/mol. The molecule has 6 heteroatoms. The van der Waals surface area contributed by atoms with Crippen molar-refractivity contribution in [3.63, 3.8) is 0 Å². The Morgan fingerprint density at radius 2 is 1.74 bits per heavy atom. The highest BCUT2D eigenvalue weighted by Gasteiger charge is 2.20. The Morgan fingerprint density at radius 3 is 2.30 bits per heavy atom. The zero-order valence-electron chi connectivity index (χ0n) is 12.5. The maximum absolute atomic E-state index is 12.4. The van der Waals surface area contributed by atoms with Crippen molar-refractivity contribution < 1.29 is 9.59 Å². The Kier molecular flexibility index (Phi) is 5.96. The first-order valence-electron chi connectivity index (χ1n) is 6.97. The van der Waals surface area contributed by atoms with Crippen LogP contribution in [0.2, 0.25) is 0 Å². The molecule has 0 saturated heterocycles. The molecule has 1 atom stereocenters. The SMILES string of the molecule is Cc1ccccc1C[C@H](NC(=O)c1cc(Br)cc(Br)c1)C(N)=O. The lowest BCUT2D eigenvalue weighted by atomic mass is 10.0. The van der Waals surface area contributed by atoms with Gasteiger partial charge in [-0.1, -0.05) is 56.1 Å². The number of hydrogen-bond donors (Lipinski definition) is 2. The molecule has 3 N–H and O–H groups in total. The molecule has 0 radical (unpaired) electrons. The highest BCUT2D eigenvalue weighted by molar-refractivity contribution is 9.11. The predicted octanol–water partition coefficient (Wildman–Crippen LogP) is 3.35. The van der Waals surface area contributed by atoms with E-state index in [2.05, 4.69) is 37.2 Å². The van der Waals surface area contributed by atoms with Gasteiger partial charge in [-0.25, -0.2) is 0 Å². The molecule has 0 fully saturated rings. The summed E-state index contributed by atoms with van der Waals surface area (Å²) in [6, 6.07) is 12.1. The number of halogens is 2. The van der Waals surface area contributed by atoms with Gasteiger partial charge in [0.1, 0.15) is 6.04 Å². The van der Waals surface area contributed by atoms with Crippen molar-refractivity contribution in [2.75, 3.05) is 0 Å². The summed E-state index contributed by atoms with van der Waals surface area (Å²) in [7, 11) is 0. The molecular formula is C17H16Br2N2O2. The topological polar surface area (TPSA) is 72.2 Å². The number of aryl methyl sites for hydroxylation is 1. The number of nitrogens with one attached hydrogen (secondary N) is 1. The average Bonchev–Trinajstić information content (AvgIpc) is 2.47. The number of nitrogens with two attached hydrogens (primary N) is 1. The Bertz CT molecular complexity index is 727. The second-order valence-electron chi connectivity index (χ2n) is 5.22. The minimum absolute atomic E-state index is 0.343. The summed E-state index contributed by atoms with van der Waals surface area (Å²) >= 11 is 6.68. The van der Waals surface area contributed by atoms with Crippen LogP contribution in [-0.4, -0.2) is 17.9 Å². The van der Waals surface area contributed by atoms with Crippen molar-refractivity contribution in [2.45, 2.75) is 19.4 Å². The van der Waals surface area contributed by atoms with Crippen LogP contribution in [-0.2, 0) is 11.2 Å². The van der Waals surface area contributed by atoms with Crippen molar-refractivity contribution in [3.8, 4) is 0 Å². The maximum atomic E-state index is 12.4. The van der Waals surface area contributed by atoms with E-state index in [1.54, 1.807) is 12.1 Å². The second kappa shape index (κ2) is 7.75. The number of benzene rings is 2. The van der Waals surface area contributed by atoms with Crippen LogP contribution in [0.1, 0.15) is 21.5 Å². The fraction of sp³-hybridized carbons (Fsp3) is 0.176. The first-order valence-corrected chi connectivity index (χ1v) is 8.56. The predicted molar refractivity (Wildman–Crippen MR) is 97.2 cm³/mol. The second-order valence-corrected chi connectivity index (χ2v) is 7.05. The molecule has 0 heterocycles. The summed E-state index contributed by atoms with van der Waals surface area (Å²) in [6.45, 7) is 1.96. The lowest BCUT2D eigenvalue weighted by molar-refractivity contribution is -0.119. The van der Waals surface area contributed by atoms with Crippen LogP contribution >= 0.6 is 31.9 Å². The van der Waals surface area contributed by atoms with Gasteiger partial charge in [0.05, 0.1) is 0 Å². The lowest BCUT2D eigenvalue weighted by Gasteiger charge is -2.17. The largest absolute Gasteiger partial charge is 0.368 e. The standard InChI is InChI=1S/C17H16Br2N2O2/c1-10-4-2-3-5-11(10)8-15(16(20)22)21-17(23)12-6-13(18)9-14(19)7-12/h2-7,9,15H,8H2,1H3,(H2,20,22)(H,21,23)/t15-/m0/s1. The Morgan fingerprint density at radius 1 is 1.13 bits per heavy atom. The van der Waals surface area contributed by atoms with Gasteiger partial charge in [0.25, 0.3) is 5.91 Å². The van der Waals surface area contributed by atoms with E-state index in [-0.39, 0.29) is 5.91 Å². The Hall–Kier alpha value is -1.66. The highest BCUT2D eigenvalue weighted by atomic mass is 79.9. The number of hydrogen-bond acceptors (Lipinski definition) is 2. The Balaban J connectivity index is 2.18. The van der Waals surface area contributed by atoms with E-state index in [1.807, 2.05) is 37.3 Å². The third-order valence-corrected chi connectivity index (χ3v) is 4.37. The minimum atomic E-state index is -0.763. The van der Waals surface area contributed by atoms with E-state index >= 15 is 0 Å². The van der Waals surface area contributed by atoms with Crippen LogP contribution in [0, 0.1) is 6.92 Å². The fourth-order valence-electron chi connectivity index (χ4n) is 2.21. The smallest absolute Gasteiger partial charge is 0.252 e. The zero-order chi connectivity index (χ0) is 17.0. The third kappa shape index (κ3) is 4.91. The molecule has 2 rings (SSSR count). The van der Waals surface area contributed by atoms with E-state index < -0.39 is 11.9 Å². The molecule has 0 saturated carbocycles. The molecule has 0 aromatic heterocycles. The van der Waals surface area contributed by atoms with Gasteiger partial charge in [-0.05, 0) is 36.2 Å². The van der Waals surface area contributed by atoms with Gasteiger partial charge < -0.3 is 11.1 Å². The maximum Gasteiger partial charge on any atom is 0.252 e. The van der Waals surface area contributed by atoms with Gasteiger partial charge in [-0.2, -0.15) is 0 Å². The lowest BCUT2D eigenvalue weighted by Crippen LogP contribution is -2.46. The van der Waals surface area contributed by atoms with E-state index in [0.717, 1.165) is 20.1 Å². The van der Waals surface area contributed by atoms with Crippen LogP contribution in [0.5, 0.6) is 0 Å². The molecule has 0 spiro atoms. The molecule has 0 aliphatic rings. The number of amides is 2. The molecule has 2 aromatic carbocycles. The molecule has 0 unspecified atom stereocenters. The summed E-state index contributed by atoms with van der Waals surface area (Å²) < 4.78 is 1.54. The minimum Gasteiger partial charge on any atom is -0.368 e. The van der Waals surface area contributed by atoms with Crippen molar-refractivity contribution in [2.24, 2.45) is 5.73 Å². The summed E-state index contributed by atoms with van der Waals surface area (Å²) in [5.74, 6) is -0.903. The van der Waals surface area contributed by atoms with Crippen LogP contribution in [0.15, 0.2) is 51.4 Å². The van der Waals surface area contributed by atoms with Crippen LogP contribution < -0.4 is 11.1 Å². The monoisotopic (exact) mass is 438 g/mol. The summed E-state index contributed by atoms with van der Waals surface area (Å²) in [5, 5.41) is 2.71. The zero-order valence-corrected chi connectivity index (χ0v) is 15.6. The highest BCUT2D eigenvalue weighted by Crippen LogP contribution is 2.20. The summed E-state index contributed by atoms with van der Waals surface area (Å²) in [5.41, 5.74) is 7.93. The molecule has 2 amide bonds.